The van der Waals surface area contributed by atoms with Crippen molar-refractivity contribution in [3.63, 3.8) is 0 Å². The molecule has 0 fully saturated rings. The van der Waals surface area contributed by atoms with E-state index in [-0.39, 0.29) is 16.7 Å². The quantitative estimate of drug-likeness (QED) is 0.864. The molecule has 0 radical (unpaired) electrons. The van der Waals surface area contributed by atoms with Crippen LogP contribution in [0.25, 0.3) is 0 Å². The molecule has 1 aromatic heterocycles. The Bertz CT molecular complexity index is 823. The van der Waals surface area contributed by atoms with Crippen molar-refractivity contribution < 1.29 is 13.2 Å². The average Bonchev–Trinajstić information content (AvgIpc) is 2.81. The number of nitrogens with one attached hydrogen (secondary N) is 1. The zero-order chi connectivity index (χ0) is 17.9. The van der Waals surface area contributed by atoms with E-state index in [0.717, 1.165) is 24.2 Å². The predicted octanol–water partition coefficient (Wildman–Crippen LogP) is 1.97. The van der Waals surface area contributed by atoms with Gasteiger partial charge in [0.15, 0.2) is 9.84 Å². The molecule has 1 atom stereocenters. The third kappa shape index (κ3) is 4.67. The first kappa shape index (κ1) is 18.2. The van der Waals surface area contributed by atoms with Gasteiger partial charge in [0.1, 0.15) is 0 Å². The monoisotopic (exact) mass is 349 g/mol. The largest absolute Gasteiger partial charge is 0.352 e. The molecular weight excluding hydrogens is 326 g/mol. The Balaban J connectivity index is 1.91. The van der Waals surface area contributed by atoms with Gasteiger partial charge in [-0.2, -0.15) is 5.10 Å². The summed E-state index contributed by atoms with van der Waals surface area (Å²) in [4.78, 5) is 12.4. The number of benzene rings is 1. The van der Waals surface area contributed by atoms with E-state index in [1.54, 1.807) is 0 Å². The fraction of sp³-hybridized carbons (Fsp3) is 0.412. The molecular formula is C17H23N3O3S. The Morgan fingerprint density at radius 3 is 2.38 bits per heavy atom. The molecule has 24 heavy (non-hydrogen) atoms. The van der Waals surface area contributed by atoms with Crippen LogP contribution in [0.1, 0.15) is 28.7 Å². The number of sulfone groups is 1. The zero-order valence-corrected chi connectivity index (χ0v) is 15.2. The van der Waals surface area contributed by atoms with Gasteiger partial charge in [-0.15, -0.1) is 0 Å². The summed E-state index contributed by atoms with van der Waals surface area (Å²) in [5.41, 5.74) is 2.53. The van der Waals surface area contributed by atoms with E-state index in [9.17, 15) is 13.2 Å². The van der Waals surface area contributed by atoms with Gasteiger partial charge in [0, 0.05) is 30.6 Å². The van der Waals surface area contributed by atoms with E-state index in [0.29, 0.717) is 12.1 Å². The van der Waals surface area contributed by atoms with Crippen LogP contribution >= 0.6 is 0 Å². The number of hydrogen-bond donors (Lipinski definition) is 1. The molecule has 0 aliphatic heterocycles. The average molecular weight is 349 g/mol. The van der Waals surface area contributed by atoms with E-state index < -0.39 is 9.84 Å². The lowest BCUT2D eigenvalue weighted by Crippen LogP contribution is -2.30. The molecule has 1 N–H and O–H groups in total. The van der Waals surface area contributed by atoms with Crippen molar-refractivity contribution >= 4 is 15.7 Å². The molecule has 0 saturated carbocycles. The maximum absolute atomic E-state index is 12.2. The number of nitrogens with zero attached hydrogens (tertiary/aromatic N) is 2. The normalized spacial score (nSPS) is 12.8. The fourth-order valence-corrected chi connectivity index (χ4v) is 3.07. The predicted molar refractivity (Wildman–Crippen MR) is 92.8 cm³/mol. The van der Waals surface area contributed by atoms with Crippen LogP contribution in [0, 0.1) is 19.8 Å². The van der Waals surface area contributed by atoms with E-state index in [2.05, 4.69) is 10.4 Å². The van der Waals surface area contributed by atoms with E-state index >= 15 is 0 Å². The van der Waals surface area contributed by atoms with Crippen LogP contribution in [0.5, 0.6) is 0 Å². The number of aromatic nitrogens is 2. The SMILES string of the molecule is Cc1cc(C)n(C[C@@H](C)CNC(=O)c2ccc(S(C)(=O)=O)cc2)n1. The minimum atomic E-state index is -3.25. The third-order valence-electron chi connectivity index (χ3n) is 3.74. The smallest absolute Gasteiger partial charge is 0.251 e. The summed E-state index contributed by atoms with van der Waals surface area (Å²) in [6.45, 7) is 7.26. The number of carbonyl (C=O) groups is 1. The van der Waals surface area contributed by atoms with Crippen molar-refractivity contribution in [3.8, 4) is 0 Å². The van der Waals surface area contributed by atoms with E-state index in [4.69, 9.17) is 0 Å². The first-order valence-corrected chi connectivity index (χ1v) is 9.65. The Morgan fingerprint density at radius 1 is 1.25 bits per heavy atom. The van der Waals surface area contributed by atoms with Crippen LogP contribution in [-0.4, -0.2) is 36.9 Å². The van der Waals surface area contributed by atoms with Gasteiger partial charge in [-0.1, -0.05) is 6.92 Å². The molecule has 130 valence electrons. The molecule has 2 aromatic rings. The van der Waals surface area contributed by atoms with Crippen molar-refractivity contribution in [1.29, 1.82) is 0 Å². The summed E-state index contributed by atoms with van der Waals surface area (Å²) in [7, 11) is -3.25. The maximum atomic E-state index is 12.2. The number of aryl methyl sites for hydroxylation is 2. The number of hydrogen-bond acceptors (Lipinski definition) is 4. The second kappa shape index (κ2) is 7.17. The highest BCUT2D eigenvalue weighted by molar-refractivity contribution is 7.90. The topological polar surface area (TPSA) is 81.1 Å². The van der Waals surface area contributed by atoms with Gasteiger partial charge >= 0.3 is 0 Å². The highest BCUT2D eigenvalue weighted by atomic mass is 32.2. The summed E-state index contributed by atoms with van der Waals surface area (Å²) in [5.74, 6) is 0.0116. The van der Waals surface area contributed by atoms with E-state index in [1.165, 1.54) is 24.3 Å². The molecule has 0 aliphatic rings. The molecule has 1 aromatic carbocycles. The molecule has 1 heterocycles. The van der Waals surface area contributed by atoms with Crippen molar-refractivity contribution in [3.05, 3.63) is 47.3 Å². The summed E-state index contributed by atoms with van der Waals surface area (Å²) in [6, 6.07) is 7.97. The van der Waals surface area contributed by atoms with Crippen LogP contribution < -0.4 is 5.32 Å². The molecule has 6 nitrogen and oxygen atoms in total. The van der Waals surface area contributed by atoms with Gasteiger partial charge in [-0.3, -0.25) is 9.48 Å². The van der Waals surface area contributed by atoms with Gasteiger partial charge < -0.3 is 5.32 Å². The fourth-order valence-electron chi connectivity index (χ4n) is 2.44. The highest BCUT2D eigenvalue weighted by Gasteiger charge is 2.12. The first-order chi connectivity index (χ1) is 11.2. The van der Waals surface area contributed by atoms with Gasteiger partial charge in [-0.25, -0.2) is 8.42 Å². The lowest BCUT2D eigenvalue weighted by molar-refractivity contribution is 0.0946. The molecule has 0 bridgehead atoms. The second-order valence-electron chi connectivity index (χ2n) is 6.22. The number of amides is 1. The summed E-state index contributed by atoms with van der Waals surface area (Å²) in [6.07, 6.45) is 1.14. The highest BCUT2D eigenvalue weighted by Crippen LogP contribution is 2.11. The van der Waals surface area contributed by atoms with E-state index in [1.807, 2.05) is 31.5 Å². The molecule has 0 unspecified atom stereocenters. The molecule has 1 amide bonds. The Morgan fingerprint density at radius 2 is 1.88 bits per heavy atom. The minimum absolute atomic E-state index is 0.206. The number of rotatable bonds is 6. The molecule has 2 rings (SSSR count). The summed E-state index contributed by atoms with van der Waals surface area (Å²) >= 11 is 0. The van der Waals surface area contributed by atoms with Crippen LogP contribution in [0.15, 0.2) is 35.2 Å². The third-order valence-corrected chi connectivity index (χ3v) is 4.87. The van der Waals surface area contributed by atoms with Crippen LogP contribution in [0.4, 0.5) is 0 Å². The van der Waals surface area contributed by atoms with Gasteiger partial charge in [0.2, 0.25) is 0 Å². The van der Waals surface area contributed by atoms with Crippen molar-refractivity contribution in [2.24, 2.45) is 5.92 Å². The molecule has 0 aliphatic carbocycles. The van der Waals surface area contributed by atoms with Crippen molar-refractivity contribution in [2.75, 3.05) is 12.8 Å². The van der Waals surface area contributed by atoms with Crippen molar-refractivity contribution in [2.45, 2.75) is 32.2 Å². The maximum Gasteiger partial charge on any atom is 0.251 e. The molecule has 7 heteroatoms. The molecule has 0 spiro atoms. The lowest BCUT2D eigenvalue weighted by atomic mass is 10.1. The Hall–Kier alpha value is -2.15. The summed E-state index contributed by atoms with van der Waals surface area (Å²) in [5, 5.41) is 7.29. The van der Waals surface area contributed by atoms with Crippen LogP contribution in [0.3, 0.4) is 0 Å². The molecule has 0 saturated heterocycles. The van der Waals surface area contributed by atoms with Gasteiger partial charge in [-0.05, 0) is 50.1 Å². The standard InChI is InChI=1S/C17H23N3O3S/c1-12(11-20-14(3)9-13(2)19-20)10-18-17(21)15-5-7-16(8-6-15)24(4,22)23/h5-9,12H,10-11H2,1-4H3,(H,18,21)/t12-/m0/s1. The Labute approximate surface area is 142 Å². The van der Waals surface area contributed by atoms with Crippen LogP contribution in [-0.2, 0) is 16.4 Å². The van der Waals surface area contributed by atoms with Crippen molar-refractivity contribution in [1.82, 2.24) is 15.1 Å². The second-order valence-corrected chi connectivity index (χ2v) is 8.24. The van der Waals surface area contributed by atoms with Gasteiger partial charge in [0.25, 0.3) is 5.91 Å². The lowest BCUT2D eigenvalue weighted by Gasteiger charge is -2.14. The zero-order valence-electron chi connectivity index (χ0n) is 14.4. The number of carbonyl (C=O) groups excluding carboxylic acids is 1. The van der Waals surface area contributed by atoms with Gasteiger partial charge in [0.05, 0.1) is 10.6 Å². The van der Waals surface area contributed by atoms with Crippen LogP contribution in [0.2, 0.25) is 0 Å². The summed E-state index contributed by atoms with van der Waals surface area (Å²) < 4.78 is 24.8. The first-order valence-electron chi connectivity index (χ1n) is 7.76. The Kier molecular flexibility index (Phi) is 5.43. The minimum Gasteiger partial charge on any atom is -0.352 e.